The second-order valence-corrected chi connectivity index (χ2v) is 4.45. The first-order valence-corrected chi connectivity index (χ1v) is 6.24. The lowest BCUT2D eigenvalue weighted by Gasteiger charge is -2.07. The lowest BCUT2D eigenvalue weighted by Crippen LogP contribution is -2.29. The molecule has 1 rings (SSSR count). The van der Waals surface area contributed by atoms with Crippen molar-refractivity contribution >= 4 is 46.2 Å². The second-order valence-electron chi connectivity index (χ2n) is 3.23. The van der Waals surface area contributed by atoms with Crippen LogP contribution in [0.2, 0.25) is 10.0 Å². The number of halogens is 2. The molecule has 0 saturated heterocycles. The van der Waals surface area contributed by atoms with E-state index < -0.39 is 0 Å². The van der Waals surface area contributed by atoms with Crippen molar-refractivity contribution in [3.8, 4) is 0 Å². The van der Waals surface area contributed by atoms with E-state index in [9.17, 15) is 0 Å². The van der Waals surface area contributed by atoms with Gasteiger partial charge in [0.05, 0.1) is 15.8 Å². The molecule has 1 aromatic rings. The van der Waals surface area contributed by atoms with Crippen LogP contribution in [0, 0.1) is 0 Å². The Balaban J connectivity index is 2.93. The summed E-state index contributed by atoms with van der Waals surface area (Å²) < 4.78 is 0. The maximum atomic E-state index is 5.96. The maximum absolute atomic E-state index is 5.96. The third kappa shape index (κ3) is 4.15. The van der Waals surface area contributed by atoms with Crippen molar-refractivity contribution in [3.63, 3.8) is 0 Å². The van der Waals surface area contributed by atoms with E-state index >= 15 is 0 Å². The van der Waals surface area contributed by atoms with E-state index in [0.29, 0.717) is 15.2 Å². The monoisotopic (exact) mass is 289 g/mol. The van der Waals surface area contributed by atoms with Gasteiger partial charge in [-0.1, -0.05) is 36.2 Å². The topological polar surface area (TPSA) is 36.4 Å². The summed E-state index contributed by atoms with van der Waals surface area (Å²) in [6, 6.07) is 5.41. The van der Waals surface area contributed by atoms with E-state index in [0.717, 1.165) is 17.7 Å². The molecule has 2 N–H and O–H groups in total. The first kappa shape index (κ1) is 14.2. The Morgan fingerprint density at radius 1 is 1.35 bits per heavy atom. The quantitative estimate of drug-likeness (QED) is 0.510. The van der Waals surface area contributed by atoms with Gasteiger partial charge in [-0.25, -0.2) is 0 Å². The second kappa shape index (κ2) is 6.79. The smallest absolute Gasteiger partial charge is 0.186 e. The summed E-state index contributed by atoms with van der Waals surface area (Å²) in [5.74, 6) is 0. The third-order valence-electron chi connectivity index (χ3n) is 2.11. The van der Waals surface area contributed by atoms with Crippen molar-refractivity contribution < 1.29 is 0 Å². The van der Waals surface area contributed by atoms with Gasteiger partial charge in [-0.3, -0.25) is 5.43 Å². The molecule has 0 amide bonds. The van der Waals surface area contributed by atoms with Gasteiger partial charge >= 0.3 is 0 Å². The highest BCUT2D eigenvalue weighted by atomic mass is 35.5. The van der Waals surface area contributed by atoms with Gasteiger partial charge in [-0.2, -0.15) is 5.10 Å². The van der Waals surface area contributed by atoms with Crippen molar-refractivity contribution in [2.45, 2.75) is 13.3 Å². The Labute approximate surface area is 116 Å². The highest BCUT2D eigenvalue weighted by Gasteiger charge is 2.05. The molecule has 1 aromatic carbocycles. The van der Waals surface area contributed by atoms with Crippen LogP contribution in [0.15, 0.2) is 23.3 Å². The number of hydrazone groups is 1. The molecule has 0 fully saturated rings. The van der Waals surface area contributed by atoms with Crippen LogP contribution < -0.4 is 10.7 Å². The summed E-state index contributed by atoms with van der Waals surface area (Å²) in [5, 5.41) is 8.51. The normalized spacial score (nSPS) is 11.2. The summed E-state index contributed by atoms with van der Waals surface area (Å²) in [4.78, 5) is 0. The summed E-state index contributed by atoms with van der Waals surface area (Å²) >= 11 is 16.8. The lowest BCUT2D eigenvalue weighted by atomic mass is 10.1. The molecule has 0 aromatic heterocycles. The van der Waals surface area contributed by atoms with Crippen molar-refractivity contribution in [3.05, 3.63) is 33.8 Å². The van der Waals surface area contributed by atoms with Crippen LogP contribution in [0.5, 0.6) is 0 Å². The molecular weight excluding hydrogens is 277 g/mol. The van der Waals surface area contributed by atoms with Crippen LogP contribution in [0.1, 0.15) is 18.9 Å². The predicted octanol–water partition coefficient (Wildman–Crippen LogP) is 3.20. The zero-order chi connectivity index (χ0) is 12.8. The van der Waals surface area contributed by atoms with Crippen LogP contribution in [-0.4, -0.2) is 17.9 Å². The number of hydrogen-bond donors (Lipinski definition) is 2. The fraction of sp³-hybridized carbons (Fsp3) is 0.273. The largest absolute Gasteiger partial charge is 0.364 e. The predicted molar refractivity (Wildman–Crippen MR) is 78.1 cm³/mol. The van der Waals surface area contributed by atoms with Gasteiger partial charge in [0.15, 0.2) is 5.11 Å². The zero-order valence-electron chi connectivity index (χ0n) is 9.55. The fourth-order valence-electron chi connectivity index (χ4n) is 1.20. The molecule has 0 spiro atoms. The highest BCUT2D eigenvalue weighted by Crippen LogP contribution is 2.23. The maximum Gasteiger partial charge on any atom is 0.186 e. The van der Waals surface area contributed by atoms with Gasteiger partial charge in [-0.15, -0.1) is 0 Å². The van der Waals surface area contributed by atoms with E-state index in [1.165, 1.54) is 0 Å². The molecule has 0 heterocycles. The molecule has 0 aliphatic rings. The van der Waals surface area contributed by atoms with Gasteiger partial charge in [0.25, 0.3) is 0 Å². The van der Waals surface area contributed by atoms with Crippen molar-refractivity contribution in [2.24, 2.45) is 5.10 Å². The molecule has 0 saturated carbocycles. The number of hydrogen-bond acceptors (Lipinski definition) is 2. The van der Waals surface area contributed by atoms with Gasteiger partial charge < -0.3 is 5.32 Å². The Morgan fingerprint density at radius 2 is 2.06 bits per heavy atom. The van der Waals surface area contributed by atoms with Crippen LogP contribution in [0.4, 0.5) is 0 Å². The average molecular weight is 290 g/mol. The molecule has 92 valence electrons. The third-order valence-corrected chi connectivity index (χ3v) is 3.14. The molecule has 0 bridgehead atoms. The van der Waals surface area contributed by atoms with Gasteiger partial charge in [0.1, 0.15) is 0 Å². The molecule has 6 heteroatoms. The number of rotatable bonds is 3. The van der Waals surface area contributed by atoms with Crippen LogP contribution in [0.3, 0.4) is 0 Å². The molecular formula is C11H13Cl2N3S. The number of benzene rings is 1. The Hall–Kier alpha value is -0.840. The number of thiocarbonyl (C=S) groups is 1. The zero-order valence-corrected chi connectivity index (χ0v) is 11.9. The summed E-state index contributed by atoms with van der Waals surface area (Å²) in [7, 11) is 1.73. The van der Waals surface area contributed by atoms with E-state index in [-0.39, 0.29) is 0 Å². The Kier molecular flexibility index (Phi) is 5.68. The minimum absolute atomic E-state index is 0.469. The van der Waals surface area contributed by atoms with Gasteiger partial charge in [-0.05, 0) is 36.3 Å². The van der Waals surface area contributed by atoms with Crippen molar-refractivity contribution in [1.29, 1.82) is 0 Å². The highest BCUT2D eigenvalue weighted by molar-refractivity contribution is 7.80. The van der Waals surface area contributed by atoms with Crippen LogP contribution >= 0.6 is 35.4 Å². The number of nitrogens with zero attached hydrogens (tertiary/aromatic N) is 1. The molecule has 0 aliphatic carbocycles. The van der Waals surface area contributed by atoms with Crippen LogP contribution in [-0.2, 0) is 0 Å². The van der Waals surface area contributed by atoms with E-state index in [1.807, 2.05) is 13.0 Å². The fourth-order valence-corrected chi connectivity index (χ4v) is 1.54. The first-order valence-electron chi connectivity index (χ1n) is 5.08. The first-order chi connectivity index (χ1) is 8.08. The Morgan fingerprint density at radius 3 is 2.59 bits per heavy atom. The molecule has 0 unspecified atom stereocenters. The minimum atomic E-state index is 0.469. The van der Waals surface area contributed by atoms with Crippen molar-refractivity contribution in [1.82, 2.24) is 10.7 Å². The molecule has 0 aliphatic heterocycles. The lowest BCUT2D eigenvalue weighted by molar-refractivity contribution is 0.965. The number of nitrogens with one attached hydrogen (secondary N) is 2. The summed E-state index contributed by atoms with van der Waals surface area (Å²) in [6.45, 7) is 2.01. The average Bonchev–Trinajstić information content (AvgIpc) is 2.33. The minimum Gasteiger partial charge on any atom is -0.364 e. The SMILES string of the molecule is CC/C(=N/NC(=S)NC)c1ccc(Cl)c(Cl)c1. The molecule has 0 atom stereocenters. The Bertz CT molecular complexity index is 446. The van der Waals surface area contributed by atoms with Crippen LogP contribution in [0.25, 0.3) is 0 Å². The van der Waals surface area contributed by atoms with Gasteiger partial charge in [0, 0.05) is 7.05 Å². The van der Waals surface area contributed by atoms with Crippen molar-refractivity contribution in [2.75, 3.05) is 7.05 Å². The summed E-state index contributed by atoms with van der Waals surface area (Å²) in [5.41, 5.74) is 4.53. The standard InChI is InChI=1S/C11H13Cl2N3S/c1-3-10(15-16-11(17)14-2)7-4-5-8(12)9(13)6-7/h4-6H,3H2,1-2H3,(H2,14,16,17)/b15-10-. The summed E-state index contributed by atoms with van der Waals surface area (Å²) in [6.07, 6.45) is 0.761. The van der Waals surface area contributed by atoms with E-state index in [1.54, 1.807) is 19.2 Å². The molecule has 3 nitrogen and oxygen atoms in total. The van der Waals surface area contributed by atoms with Gasteiger partial charge in [0.2, 0.25) is 0 Å². The molecule has 17 heavy (non-hydrogen) atoms. The van der Waals surface area contributed by atoms with E-state index in [2.05, 4.69) is 15.8 Å². The van der Waals surface area contributed by atoms with E-state index in [4.69, 9.17) is 35.4 Å². The molecule has 0 radical (unpaired) electrons.